The number of benzene rings is 1. The maximum Gasteiger partial charge on any atom is 0.573 e. The van der Waals surface area contributed by atoms with Crippen molar-refractivity contribution in [1.29, 1.82) is 0 Å². The molecule has 72 heavy (non-hydrogen) atoms. The summed E-state index contributed by atoms with van der Waals surface area (Å²) in [7, 11) is 5.23. The predicted octanol–water partition coefficient (Wildman–Crippen LogP) is 4.64. The molecule has 18 nitrogen and oxygen atoms in total. The molecule has 1 aromatic carbocycles. The quantitative estimate of drug-likeness (QED) is 0.154. The first kappa shape index (κ1) is 59.8. The maximum absolute atomic E-state index is 14.5. The van der Waals surface area contributed by atoms with Crippen molar-refractivity contribution in [2.24, 2.45) is 17.8 Å². The zero-order valence-corrected chi connectivity index (χ0v) is 44.5. The van der Waals surface area contributed by atoms with Crippen LogP contribution in [0.3, 0.4) is 0 Å². The summed E-state index contributed by atoms with van der Waals surface area (Å²) in [5, 5.41) is 68.1. The van der Waals surface area contributed by atoms with E-state index in [1.807, 2.05) is 43.9 Å². The average Bonchev–Trinajstić information content (AvgIpc) is 3.76. The number of hydrogen-bond acceptors (Lipinski definition) is 17. The third-order valence-corrected chi connectivity index (χ3v) is 15.4. The van der Waals surface area contributed by atoms with Crippen LogP contribution in [-0.2, 0) is 52.6 Å². The molecule has 1 aromatic heterocycles. The molecule has 0 saturated carbocycles. The number of cyclic esters (lactones) is 1. The van der Waals surface area contributed by atoms with Gasteiger partial charge < -0.3 is 68.5 Å². The first-order valence-electron chi connectivity index (χ1n) is 25.5. The minimum Gasteiger partial charge on any atom is -0.459 e. The van der Waals surface area contributed by atoms with Crippen molar-refractivity contribution >= 4 is 5.97 Å². The number of carbonyl (C=O) groups is 1. The topological polar surface area (TPSA) is 220 Å². The van der Waals surface area contributed by atoms with Crippen LogP contribution in [0.1, 0.15) is 113 Å². The lowest BCUT2D eigenvalue weighted by Gasteiger charge is -2.49. The van der Waals surface area contributed by atoms with Gasteiger partial charge in [0.1, 0.15) is 35.8 Å². The number of alkyl halides is 3. The smallest absolute Gasteiger partial charge is 0.459 e. The zero-order valence-electron chi connectivity index (χ0n) is 44.5. The van der Waals surface area contributed by atoms with E-state index in [0.717, 1.165) is 11.3 Å². The summed E-state index contributed by atoms with van der Waals surface area (Å²) in [6.07, 6.45) is -10.4. The second kappa shape index (κ2) is 24.7. The maximum atomic E-state index is 14.5. The first-order chi connectivity index (χ1) is 33.5. The van der Waals surface area contributed by atoms with E-state index in [1.54, 1.807) is 65.3 Å². The van der Waals surface area contributed by atoms with Gasteiger partial charge in [-0.05, 0) is 131 Å². The number of hydrogen-bond donors (Lipinski definition) is 5. The molecule has 0 radical (unpaired) electrons. The van der Waals surface area contributed by atoms with Crippen LogP contribution in [0.15, 0.2) is 30.5 Å². The molecular weight excluding hydrogens is 948 g/mol. The molecule has 3 fully saturated rings. The largest absolute Gasteiger partial charge is 0.573 e. The number of aliphatic hydroxyl groups excluding tert-OH is 3. The Labute approximate surface area is 423 Å². The zero-order chi connectivity index (χ0) is 53.7. The van der Waals surface area contributed by atoms with E-state index in [-0.39, 0.29) is 37.0 Å². The van der Waals surface area contributed by atoms with Crippen molar-refractivity contribution in [3.05, 3.63) is 41.7 Å². The summed E-state index contributed by atoms with van der Waals surface area (Å²) >= 11 is 0. The second-order valence-corrected chi connectivity index (χ2v) is 21.7. The normalized spacial score (nSPS) is 39.3. The number of methoxy groups -OCH3 is 1. The van der Waals surface area contributed by atoms with Crippen molar-refractivity contribution in [3.8, 4) is 5.75 Å². The summed E-state index contributed by atoms with van der Waals surface area (Å²) in [4.78, 5) is 18.4. The van der Waals surface area contributed by atoms with Crippen LogP contribution in [0.25, 0.3) is 0 Å². The molecule has 0 aliphatic carbocycles. The molecule has 3 aliphatic heterocycles. The number of likely N-dealkylation sites (N-methyl/N-ethyl adjacent to an activating group) is 2. The summed E-state index contributed by atoms with van der Waals surface area (Å²) in [6, 6.07) is 4.69. The number of rotatable bonds is 15. The van der Waals surface area contributed by atoms with Gasteiger partial charge in [0.05, 0.1) is 47.2 Å². The highest BCUT2D eigenvalue weighted by molar-refractivity contribution is 5.73. The highest BCUT2D eigenvalue weighted by Gasteiger charge is 2.53. The molecule has 5 N–H and O–H groups in total. The van der Waals surface area contributed by atoms with Gasteiger partial charge in [-0.1, -0.05) is 38.1 Å². The molecule has 2 aromatic rings. The molecule has 0 unspecified atom stereocenters. The van der Waals surface area contributed by atoms with Gasteiger partial charge >= 0.3 is 12.3 Å². The standard InChI is InChI=1S/C51H84F3N5O13/c1-14-39-50(10,65)43(61)33(6)58(12)27-29(2)25-48(8,64)45(31(4)42(32(5)46(63)69-39)70-40-26-49(9,66-13)44(62)34(7)68-40)71-47-41(60)38(24-30(3)67-47)57(11)22-15-16-36-28-59(56-55-36)23-21-35-17-19-37(20-18-35)72-51(52,53)54/h17-20,28-34,38-45,47,60-62,64-65H,14-16,21-27H2,1-13H3/t29-,30-,31+,32-,33-,34+,38+,39-,40+,41-,42+,43-,44+,45-,47+,48-,49-,50-/m1/s1. The van der Waals surface area contributed by atoms with Gasteiger partial charge in [-0.3, -0.25) is 9.48 Å². The van der Waals surface area contributed by atoms with Gasteiger partial charge in [0.15, 0.2) is 12.6 Å². The Balaban J connectivity index is 1.37. The Morgan fingerprint density at radius 3 is 2.24 bits per heavy atom. The minimum atomic E-state index is -4.76. The van der Waals surface area contributed by atoms with Crippen LogP contribution < -0.4 is 4.74 Å². The molecular formula is C51H84F3N5O13. The van der Waals surface area contributed by atoms with Gasteiger partial charge in [0.2, 0.25) is 0 Å². The third-order valence-electron chi connectivity index (χ3n) is 15.4. The molecule has 21 heteroatoms. The highest BCUT2D eigenvalue weighted by atomic mass is 19.4. The number of carbonyl (C=O) groups excluding carboxylic acids is 1. The van der Waals surface area contributed by atoms with E-state index in [2.05, 4.69) is 15.0 Å². The van der Waals surface area contributed by atoms with E-state index in [9.17, 15) is 43.5 Å². The molecule has 0 amide bonds. The Kier molecular flexibility index (Phi) is 20.5. The SMILES string of the molecule is CC[C@H]1OC(=O)[C@H](C)[C@@H](O[C@H]2C[C@@](C)(OC)[C@@H](O)[C@H](C)O2)[C@H](C)[C@@H](O[C@@H]2O[C@H](C)C[C@H](N(C)CCCc3cn(CCc4ccc(OC(F)(F)F)cc4)nn3)[C@H]2O)[C@](C)(O)C[C@@H](C)CN(C)[C@H](C)[C@@H](O)[C@]1(C)O. The molecule has 18 atom stereocenters. The van der Waals surface area contributed by atoms with Crippen molar-refractivity contribution in [3.63, 3.8) is 0 Å². The molecule has 412 valence electrons. The molecule has 3 aliphatic rings. The highest BCUT2D eigenvalue weighted by Crippen LogP contribution is 2.40. The number of aliphatic hydroxyl groups is 5. The molecule has 0 bridgehead atoms. The lowest BCUT2D eigenvalue weighted by atomic mass is 9.77. The number of nitrogens with zero attached hydrogens (tertiary/aromatic N) is 5. The van der Waals surface area contributed by atoms with Gasteiger partial charge in [-0.25, -0.2) is 0 Å². The second-order valence-electron chi connectivity index (χ2n) is 21.7. The van der Waals surface area contributed by atoms with Gasteiger partial charge in [0.25, 0.3) is 0 Å². The fourth-order valence-electron chi connectivity index (χ4n) is 11.0. The Hall–Kier alpha value is -3.06. The average molecular weight is 1030 g/mol. The van der Waals surface area contributed by atoms with Crippen molar-refractivity contribution in [2.75, 3.05) is 34.3 Å². The lowest BCUT2D eigenvalue weighted by molar-refractivity contribution is -0.318. The van der Waals surface area contributed by atoms with E-state index >= 15 is 0 Å². The van der Waals surface area contributed by atoms with Crippen LogP contribution in [0, 0.1) is 17.8 Å². The van der Waals surface area contributed by atoms with Crippen LogP contribution in [-0.4, -0.2) is 187 Å². The van der Waals surface area contributed by atoms with Crippen LogP contribution in [0.5, 0.6) is 5.75 Å². The molecule has 0 spiro atoms. The number of esters is 1. The Bertz CT molecular complexity index is 2000. The van der Waals surface area contributed by atoms with Crippen LogP contribution in [0.2, 0.25) is 0 Å². The minimum absolute atomic E-state index is 0.0841. The monoisotopic (exact) mass is 1030 g/mol. The van der Waals surface area contributed by atoms with Crippen molar-refractivity contribution in [2.45, 2.75) is 217 Å². The summed E-state index contributed by atoms with van der Waals surface area (Å²) in [5.74, 6) is -3.14. The van der Waals surface area contributed by atoms with Gasteiger partial charge in [-0.15, -0.1) is 18.3 Å². The van der Waals surface area contributed by atoms with Crippen LogP contribution in [0.4, 0.5) is 13.2 Å². The molecule has 4 heterocycles. The van der Waals surface area contributed by atoms with Gasteiger partial charge in [0, 0.05) is 50.8 Å². The van der Waals surface area contributed by atoms with E-state index < -0.39 is 108 Å². The Morgan fingerprint density at radius 1 is 0.944 bits per heavy atom. The van der Waals surface area contributed by atoms with Gasteiger partial charge in [-0.2, -0.15) is 0 Å². The molecule has 3 saturated heterocycles. The van der Waals surface area contributed by atoms with Crippen molar-refractivity contribution in [1.82, 2.24) is 24.8 Å². The van der Waals surface area contributed by atoms with E-state index in [1.165, 1.54) is 26.2 Å². The number of aromatic nitrogens is 3. The predicted molar refractivity (Wildman–Crippen MR) is 258 cm³/mol. The van der Waals surface area contributed by atoms with Crippen LogP contribution >= 0.6 is 0 Å². The summed E-state index contributed by atoms with van der Waals surface area (Å²) < 4.78 is 81.5. The van der Waals surface area contributed by atoms with Crippen molar-refractivity contribution < 1.29 is 76.7 Å². The summed E-state index contributed by atoms with van der Waals surface area (Å²) in [5.41, 5.74) is -3.01. The number of ether oxygens (including phenoxy) is 7. The van der Waals surface area contributed by atoms with E-state index in [0.29, 0.717) is 45.3 Å². The molecule has 5 rings (SSSR count). The third kappa shape index (κ3) is 15.1. The summed E-state index contributed by atoms with van der Waals surface area (Å²) in [6.45, 7) is 18.8. The number of aryl methyl sites for hydroxylation is 3. The Morgan fingerprint density at radius 2 is 1.61 bits per heavy atom. The lowest BCUT2D eigenvalue weighted by Crippen LogP contribution is -2.60. The fourth-order valence-corrected chi connectivity index (χ4v) is 11.0. The van der Waals surface area contributed by atoms with E-state index in [4.69, 9.17) is 28.4 Å². The fraction of sp³-hybridized carbons (Fsp3) is 0.824. The number of halogens is 3. The first-order valence-corrected chi connectivity index (χ1v) is 25.5.